The molecule has 0 radical (unpaired) electrons. The Balaban J connectivity index is 2.66. The standard InChI is InChI=1S/C14H17BrClN3/c1-8(17-4)12-6-5-11(15)7-13(12)19-10(3)14(16)9(2)18-19/h5-8,17H,1-4H3. The van der Waals surface area contributed by atoms with Crippen LogP contribution in [0.1, 0.15) is 29.9 Å². The molecule has 0 bridgehead atoms. The van der Waals surface area contributed by atoms with Gasteiger partial charge in [-0.15, -0.1) is 0 Å². The summed E-state index contributed by atoms with van der Waals surface area (Å²) in [5.41, 5.74) is 4.04. The Labute approximate surface area is 127 Å². The maximum atomic E-state index is 6.24. The van der Waals surface area contributed by atoms with E-state index in [4.69, 9.17) is 11.6 Å². The summed E-state index contributed by atoms with van der Waals surface area (Å²) in [5.74, 6) is 0. The van der Waals surface area contributed by atoms with E-state index in [-0.39, 0.29) is 6.04 Å². The minimum atomic E-state index is 0.241. The monoisotopic (exact) mass is 341 g/mol. The second-order valence-corrected chi connectivity index (χ2v) is 5.90. The van der Waals surface area contributed by atoms with Gasteiger partial charge in [0.05, 0.1) is 22.1 Å². The minimum absolute atomic E-state index is 0.241. The number of aromatic nitrogens is 2. The molecular formula is C14H17BrClN3. The van der Waals surface area contributed by atoms with E-state index in [0.29, 0.717) is 0 Å². The van der Waals surface area contributed by atoms with E-state index in [1.807, 2.05) is 31.6 Å². The van der Waals surface area contributed by atoms with E-state index < -0.39 is 0 Å². The summed E-state index contributed by atoms with van der Waals surface area (Å²) in [5, 5.41) is 8.52. The van der Waals surface area contributed by atoms with Crippen molar-refractivity contribution in [1.29, 1.82) is 0 Å². The lowest BCUT2D eigenvalue weighted by Gasteiger charge is -2.17. The third kappa shape index (κ3) is 2.71. The topological polar surface area (TPSA) is 29.9 Å². The predicted molar refractivity (Wildman–Crippen MR) is 83.2 cm³/mol. The fourth-order valence-electron chi connectivity index (χ4n) is 2.08. The summed E-state index contributed by atoms with van der Waals surface area (Å²) in [6.07, 6.45) is 0. The molecule has 0 aliphatic carbocycles. The van der Waals surface area contributed by atoms with Crippen molar-refractivity contribution in [3.8, 4) is 5.69 Å². The van der Waals surface area contributed by atoms with Gasteiger partial charge in [-0.3, -0.25) is 0 Å². The molecule has 0 aliphatic heterocycles. The first-order valence-electron chi connectivity index (χ1n) is 6.14. The maximum Gasteiger partial charge on any atom is 0.0848 e. The number of hydrogen-bond acceptors (Lipinski definition) is 2. The van der Waals surface area contributed by atoms with E-state index in [9.17, 15) is 0 Å². The number of benzene rings is 1. The molecule has 1 N–H and O–H groups in total. The Morgan fingerprint density at radius 1 is 1.37 bits per heavy atom. The minimum Gasteiger partial charge on any atom is -0.313 e. The zero-order valence-electron chi connectivity index (χ0n) is 11.5. The highest BCUT2D eigenvalue weighted by Gasteiger charge is 2.16. The van der Waals surface area contributed by atoms with Crippen molar-refractivity contribution in [1.82, 2.24) is 15.1 Å². The molecule has 3 nitrogen and oxygen atoms in total. The van der Waals surface area contributed by atoms with Crippen molar-refractivity contribution in [2.75, 3.05) is 7.05 Å². The Kier molecular flexibility index (Phi) is 4.33. The number of hydrogen-bond donors (Lipinski definition) is 1. The number of nitrogens with one attached hydrogen (secondary N) is 1. The van der Waals surface area contributed by atoms with Gasteiger partial charge in [0.15, 0.2) is 0 Å². The van der Waals surface area contributed by atoms with Gasteiger partial charge in [-0.2, -0.15) is 5.10 Å². The lowest BCUT2D eigenvalue weighted by Crippen LogP contribution is -2.15. The van der Waals surface area contributed by atoms with E-state index in [2.05, 4.69) is 45.4 Å². The molecular weight excluding hydrogens is 326 g/mol. The van der Waals surface area contributed by atoms with Crippen LogP contribution in [0.5, 0.6) is 0 Å². The number of rotatable bonds is 3. The molecule has 2 rings (SSSR count). The van der Waals surface area contributed by atoms with Gasteiger partial charge in [0.25, 0.3) is 0 Å². The van der Waals surface area contributed by atoms with E-state index in [1.165, 1.54) is 5.56 Å². The molecule has 102 valence electrons. The van der Waals surface area contributed by atoms with Gasteiger partial charge in [0, 0.05) is 10.5 Å². The van der Waals surface area contributed by atoms with Crippen LogP contribution in [0.25, 0.3) is 5.69 Å². The molecule has 5 heteroatoms. The highest BCUT2D eigenvalue weighted by molar-refractivity contribution is 9.10. The second kappa shape index (κ2) is 5.65. The molecule has 1 aromatic heterocycles. The summed E-state index contributed by atoms with van der Waals surface area (Å²) in [6, 6.07) is 6.45. The maximum absolute atomic E-state index is 6.24. The average molecular weight is 343 g/mol. The van der Waals surface area contributed by atoms with Crippen LogP contribution in [-0.2, 0) is 0 Å². The quantitative estimate of drug-likeness (QED) is 0.906. The van der Waals surface area contributed by atoms with Crippen LogP contribution in [0.15, 0.2) is 22.7 Å². The van der Waals surface area contributed by atoms with Gasteiger partial charge >= 0.3 is 0 Å². The molecule has 19 heavy (non-hydrogen) atoms. The lowest BCUT2D eigenvalue weighted by atomic mass is 10.1. The summed E-state index contributed by atoms with van der Waals surface area (Å²) in [4.78, 5) is 0. The van der Waals surface area contributed by atoms with Crippen LogP contribution < -0.4 is 5.32 Å². The van der Waals surface area contributed by atoms with Gasteiger partial charge in [0.2, 0.25) is 0 Å². The van der Waals surface area contributed by atoms with Crippen LogP contribution >= 0.6 is 27.5 Å². The summed E-state index contributed by atoms with van der Waals surface area (Å²) in [7, 11) is 1.95. The molecule has 0 saturated carbocycles. The summed E-state index contributed by atoms with van der Waals surface area (Å²) < 4.78 is 2.93. The molecule has 0 fully saturated rings. The van der Waals surface area contributed by atoms with Crippen molar-refractivity contribution in [3.63, 3.8) is 0 Å². The number of nitrogens with zero attached hydrogens (tertiary/aromatic N) is 2. The van der Waals surface area contributed by atoms with Crippen molar-refractivity contribution in [3.05, 3.63) is 44.6 Å². The molecule has 2 aromatic rings. The summed E-state index contributed by atoms with van der Waals surface area (Å²) >= 11 is 9.76. The zero-order valence-corrected chi connectivity index (χ0v) is 13.8. The highest BCUT2D eigenvalue weighted by Crippen LogP contribution is 2.29. The zero-order chi connectivity index (χ0) is 14.2. The SMILES string of the molecule is CNC(C)c1ccc(Br)cc1-n1nc(C)c(Cl)c1C. The molecule has 0 amide bonds. The van der Waals surface area contributed by atoms with Crippen LogP contribution in [-0.4, -0.2) is 16.8 Å². The molecule has 0 spiro atoms. The van der Waals surface area contributed by atoms with Crippen molar-refractivity contribution >= 4 is 27.5 Å². The fraction of sp³-hybridized carbons (Fsp3) is 0.357. The first kappa shape index (κ1) is 14.6. The number of halogens is 2. The van der Waals surface area contributed by atoms with Crippen molar-refractivity contribution in [2.24, 2.45) is 0 Å². The Bertz CT molecular complexity index is 607. The predicted octanol–water partition coefficient (Wildman–Crippen LogP) is 4.19. The second-order valence-electron chi connectivity index (χ2n) is 4.61. The Hall–Kier alpha value is -0.840. The first-order valence-corrected chi connectivity index (χ1v) is 7.31. The van der Waals surface area contributed by atoms with Gasteiger partial charge in [0.1, 0.15) is 0 Å². The van der Waals surface area contributed by atoms with Crippen LogP contribution in [0.3, 0.4) is 0 Å². The fourth-order valence-corrected chi connectivity index (χ4v) is 2.55. The van der Waals surface area contributed by atoms with Gasteiger partial charge in [-0.05, 0) is 45.5 Å². The van der Waals surface area contributed by atoms with Gasteiger partial charge < -0.3 is 5.32 Å². The van der Waals surface area contributed by atoms with Crippen LogP contribution in [0.2, 0.25) is 5.02 Å². The van der Waals surface area contributed by atoms with Crippen LogP contribution in [0, 0.1) is 13.8 Å². The summed E-state index contributed by atoms with van der Waals surface area (Å²) in [6.45, 7) is 6.03. The molecule has 0 aliphatic rings. The van der Waals surface area contributed by atoms with Crippen LogP contribution in [0.4, 0.5) is 0 Å². The molecule has 1 unspecified atom stereocenters. The highest BCUT2D eigenvalue weighted by atomic mass is 79.9. The number of aryl methyl sites for hydroxylation is 1. The molecule has 0 saturated heterocycles. The molecule has 1 heterocycles. The Morgan fingerprint density at radius 3 is 2.58 bits per heavy atom. The third-order valence-corrected chi connectivity index (χ3v) is 4.36. The van der Waals surface area contributed by atoms with Crippen molar-refractivity contribution < 1.29 is 0 Å². The van der Waals surface area contributed by atoms with E-state index >= 15 is 0 Å². The van der Waals surface area contributed by atoms with E-state index in [1.54, 1.807) is 0 Å². The first-order chi connectivity index (χ1) is 8.95. The molecule has 1 aromatic carbocycles. The van der Waals surface area contributed by atoms with Gasteiger partial charge in [-0.1, -0.05) is 33.6 Å². The normalized spacial score (nSPS) is 12.7. The Morgan fingerprint density at radius 2 is 2.05 bits per heavy atom. The smallest absolute Gasteiger partial charge is 0.0848 e. The van der Waals surface area contributed by atoms with E-state index in [0.717, 1.165) is 26.6 Å². The molecule has 1 atom stereocenters. The third-order valence-electron chi connectivity index (χ3n) is 3.32. The van der Waals surface area contributed by atoms with Gasteiger partial charge in [-0.25, -0.2) is 4.68 Å². The largest absolute Gasteiger partial charge is 0.313 e. The van der Waals surface area contributed by atoms with Crippen molar-refractivity contribution in [2.45, 2.75) is 26.8 Å². The average Bonchev–Trinajstić information content (AvgIpc) is 2.65. The lowest BCUT2D eigenvalue weighted by molar-refractivity contribution is 0.642.